The molecular weight excluding hydrogens is 662 g/mol. The molecule has 3 aliphatic rings. The predicted molar refractivity (Wildman–Crippen MR) is 199 cm³/mol. The Morgan fingerprint density at radius 1 is 0.750 bits per heavy atom. The lowest BCUT2D eigenvalue weighted by atomic mass is 9.84. The number of carboxylic acids is 1. The van der Waals surface area contributed by atoms with Crippen molar-refractivity contribution in [1.29, 1.82) is 0 Å². The Kier molecular flexibility index (Phi) is 18.1. The van der Waals surface area contributed by atoms with Crippen molar-refractivity contribution in [2.45, 2.75) is 193 Å². The van der Waals surface area contributed by atoms with E-state index in [0.717, 1.165) is 63.5 Å². The molecule has 1 saturated heterocycles. The number of rotatable bonds is 16. The number of nitrogens with zero attached hydrogens (tertiary/aromatic N) is 3. The maximum absolute atomic E-state index is 12.5. The first-order valence-corrected chi connectivity index (χ1v) is 20.3. The third kappa shape index (κ3) is 17.7. The number of carbonyl (C=O) groups is 4. The summed E-state index contributed by atoms with van der Waals surface area (Å²) in [5.41, 5.74) is -1.08. The van der Waals surface area contributed by atoms with E-state index in [9.17, 15) is 24.3 Å². The molecule has 11 heteroatoms. The average Bonchev–Trinajstić information content (AvgIpc) is 3.77. The molecule has 1 amide bonds. The Bertz CT molecular complexity index is 1230. The molecule has 1 aromatic rings. The second-order valence-electron chi connectivity index (χ2n) is 17.5. The van der Waals surface area contributed by atoms with Crippen molar-refractivity contribution in [2.24, 2.45) is 17.8 Å². The maximum Gasteiger partial charge on any atom is 0.307 e. The molecule has 2 heterocycles. The first kappa shape index (κ1) is 43.4. The van der Waals surface area contributed by atoms with Crippen LogP contribution in [0.25, 0.3) is 0 Å². The van der Waals surface area contributed by atoms with Crippen molar-refractivity contribution in [3.63, 3.8) is 0 Å². The minimum Gasteiger partial charge on any atom is -0.481 e. The summed E-state index contributed by atoms with van der Waals surface area (Å²) in [5.74, 6) is 0.157. The Hall–Kier alpha value is -2.98. The van der Waals surface area contributed by atoms with Crippen molar-refractivity contribution in [2.75, 3.05) is 13.1 Å². The van der Waals surface area contributed by atoms with Gasteiger partial charge in [-0.1, -0.05) is 95.0 Å². The molecule has 1 aromatic heterocycles. The fourth-order valence-electron chi connectivity index (χ4n) is 7.77. The Morgan fingerprint density at radius 3 is 1.75 bits per heavy atom. The van der Waals surface area contributed by atoms with Crippen LogP contribution in [-0.2, 0) is 35.1 Å². The smallest absolute Gasteiger partial charge is 0.307 e. The molecule has 0 radical (unpaired) electrons. The van der Waals surface area contributed by atoms with Gasteiger partial charge in [-0.05, 0) is 79.1 Å². The minimum absolute atomic E-state index is 0.0166. The maximum atomic E-state index is 12.5. The normalized spacial score (nSPS) is 18.6. The highest BCUT2D eigenvalue weighted by Crippen LogP contribution is 2.32. The minimum atomic E-state index is -0.885. The van der Waals surface area contributed by atoms with Crippen LogP contribution < -0.4 is 0 Å². The van der Waals surface area contributed by atoms with E-state index < -0.39 is 29.1 Å². The molecule has 0 bridgehead atoms. The van der Waals surface area contributed by atoms with Gasteiger partial charge < -0.3 is 24.0 Å². The Balaban J connectivity index is 0.000000304. The van der Waals surface area contributed by atoms with Gasteiger partial charge in [-0.2, -0.15) is 4.98 Å². The van der Waals surface area contributed by atoms with Crippen LogP contribution in [0, 0.1) is 17.8 Å². The molecule has 1 N–H and O–H groups in total. The van der Waals surface area contributed by atoms with Gasteiger partial charge in [0.25, 0.3) is 0 Å². The van der Waals surface area contributed by atoms with Crippen LogP contribution in [0.3, 0.4) is 0 Å². The summed E-state index contributed by atoms with van der Waals surface area (Å²) in [6, 6.07) is 0. The SMILES string of the molecule is CC(C)(C)OC(=O)C[C@@H](CCCC1CCCCC1)C(=O)O.CC(C)(C)OC(=O)C[C@@H](CCCC1CCCCC1)c1nc(CC(=O)N2CCCC2)no1. The van der Waals surface area contributed by atoms with Gasteiger partial charge >= 0.3 is 17.9 Å². The Labute approximate surface area is 312 Å². The topological polar surface area (TPSA) is 149 Å². The summed E-state index contributed by atoms with van der Waals surface area (Å²) >= 11 is 0. The van der Waals surface area contributed by atoms with Gasteiger partial charge in [-0.25, -0.2) is 0 Å². The summed E-state index contributed by atoms with van der Waals surface area (Å²) in [5, 5.41) is 13.3. The zero-order chi connectivity index (χ0) is 38.1. The first-order chi connectivity index (χ1) is 24.6. The standard InChI is InChI=1S/C24H39N3O4.C17H30O4/c1-24(2,3)30-22(29)16-19(13-9-12-18-10-5-4-6-11-18)23-25-20(26-31-23)17-21(28)27-14-7-8-15-27;1-17(2,3)21-15(18)12-14(16(19)20)11-7-10-13-8-5-4-6-9-13/h18-19H,4-17H2,1-3H3;13-14H,4-12H2,1-3H3,(H,19,20)/t19-;14-/m11/s1. The number of carboxylic acid groups (broad SMARTS) is 1. The van der Waals surface area contributed by atoms with Gasteiger partial charge in [-0.3, -0.25) is 19.2 Å². The number of hydrogen-bond donors (Lipinski definition) is 1. The number of esters is 2. The molecule has 52 heavy (non-hydrogen) atoms. The number of amides is 1. The van der Waals surface area contributed by atoms with Gasteiger partial charge in [0.05, 0.1) is 25.2 Å². The van der Waals surface area contributed by atoms with E-state index in [2.05, 4.69) is 10.1 Å². The summed E-state index contributed by atoms with van der Waals surface area (Å²) in [6.07, 6.45) is 21.3. The van der Waals surface area contributed by atoms with Crippen LogP contribution in [0.1, 0.15) is 188 Å². The second-order valence-corrected chi connectivity index (χ2v) is 17.5. The highest BCUT2D eigenvalue weighted by molar-refractivity contribution is 5.79. The number of likely N-dealkylation sites (tertiary alicyclic amines) is 1. The molecule has 11 nitrogen and oxygen atoms in total. The van der Waals surface area contributed by atoms with Gasteiger partial charge in [0.2, 0.25) is 11.8 Å². The predicted octanol–water partition coefficient (Wildman–Crippen LogP) is 8.97. The van der Waals surface area contributed by atoms with Crippen molar-refractivity contribution >= 4 is 23.8 Å². The molecule has 2 saturated carbocycles. The molecule has 0 spiro atoms. The molecule has 2 atom stereocenters. The van der Waals surface area contributed by atoms with E-state index in [0.29, 0.717) is 18.1 Å². The third-order valence-corrected chi connectivity index (χ3v) is 10.4. The monoisotopic (exact) mass is 732 g/mol. The van der Waals surface area contributed by atoms with Crippen LogP contribution in [0.4, 0.5) is 0 Å². The molecule has 0 aromatic carbocycles. The van der Waals surface area contributed by atoms with E-state index in [-0.39, 0.29) is 37.1 Å². The molecular formula is C41H69N3O8. The van der Waals surface area contributed by atoms with E-state index in [4.69, 9.17) is 14.0 Å². The zero-order valence-electron chi connectivity index (χ0n) is 33.2. The van der Waals surface area contributed by atoms with Gasteiger partial charge in [-0.15, -0.1) is 0 Å². The van der Waals surface area contributed by atoms with E-state index >= 15 is 0 Å². The zero-order valence-corrected chi connectivity index (χ0v) is 33.2. The van der Waals surface area contributed by atoms with Gasteiger partial charge in [0.1, 0.15) is 11.2 Å². The number of aromatic nitrogens is 2. The highest BCUT2D eigenvalue weighted by Gasteiger charge is 2.28. The van der Waals surface area contributed by atoms with Crippen molar-refractivity contribution in [3.8, 4) is 0 Å². The average molecular weight is 732 g/mol. The number of aliphatic carboxylic acids is 1. The highest BCUT2D eigenvalue weighted by atomic mass is 16.6. The number of ether oxygens (including phenoxy) is 2. The van der Waals surface area contributed by atoms with Crippen LogP contribution in [0.15, 0.2) is 4.52 Å². The van der Waals surface area contributed by atoms with Crippen LogP contribution in [-0.4, -0.2) is 68.3 Å². The number of carbonyl (C=O) groups excluding carboxylic acids is 3. The van der Waals surface area contributed by atoms with Crippen LogP contribution in [0.2, 0.25) is 0 Å². The van der Waals surface area contributed by atoms with Gasteiger partial charge in [0.15, 0.2) is 5.82 Å². The summed E-state index contributed by atoms with van der Waals surface area (Å²) < 4.78 is 16.3. The van der Waals surface area contributed by atoms with Crippen LogP contribution in [0.5, 0.6) is 0 Å². The lowest BCUT2D eigenvalue weighted by Crippen LogP contribution is -2.29. The number of hydrogen-bond acceptors (Lipinski definition) is 9. The largest absolute Gasteiger partial charge is 0.481 e. The molecule has 296 valence electrons. The molecule has 4 rings (SSSR count). The summed E-state index contributed by atoms with van der Waals surface area (Å²) in [4.78, 5) is 54.3. The van der Waals surface area contributed by atoms with E-state index in [1.165, 1.54) is 70.6 Å². The second kappa shape index (κ2) is 21.7. The lowest BCUT2D eigenvalue weighted by molar-refractivity contribution is -0.160. The first-order valence-electron chi connectivity index (χ1n) is 20.3. The fourth-order valence-corrected chi connectivity index (χ4v) is 7.77. The summed E-state index contributed by atoms with van der Waals surface area (Å²) in [6.45, 7) is 12.6. The van der Waals surface area contributed by atoms with Gasteiger partial charge in [0, 0.05) is 19.0 Å². The summed E-state index contributed by atoms with van der Waals surface area (Å²) in [7, 11) is 0. The fraction of sp³-hybridized carbons (Fsp3) is 0.854. The molecule has 1 aliphatic heterocycles. The Morgan fingerprint density at radius 2 is 1.25 bits per heavy atom. The molecule has 0 unspecified atom stereocenters. The quantitative estimate of drug-likeness (QED) is 0.163. The van der Waals surface area contributed by atoms with Crippen molar-refractivity contribution < 1.29 is 38.3 Å². The van der Waals surface area contributed by atoms with Crippen LogP contribution >= 0.6 is 0 Å². The van der Waals surface area contributed by atoms with Crippen molar-refractivity contribution in [3.05, 3.63) is 11.7 Å². The molecule has 3 fully saturated rings. The van der Waals surface area contributed by atoms with E-state index in [1.54, 1.807) is 20.8 Å². The lowest BCUT2D eigenvalue weighted by Gasteiger charge is -2.23. The third-order valence-electron chi connectivity index (χ3n) is 10.4. The molecule has 2 aliphatic carbocycles. The van der Waals surface area contributed by atoms with Crippen molar-refractivity contribution in [1.82, 2.24) is 15.0 Å². The van der Waals surface area contributed by atoms with E-state index in [1.807, 2.05) is 25.7 Å².